The second-order valence-electron chi connectivity index (χ2n) is 17.4. The van der Waals surface area contributed by atoms with Gasteiger partial charge in [0, 0.05) is 19.3 Å². The van der Waals surface area contributed by atoms with Crippen LogP contribution < -0.4 is 0 Å². The smallest absolute Gasteiger partial charge is 0.306 e. The van der Waals surface area contributed by atoms with E-state index in [1.54, 1.807) is 0 Å². The molecule has 0 amide bonds. The van der Waals surface area contributed by atoms with E-state index in [0.29, 0.717) is 19.3 Å². The highest BCUT2D eigenvalue weighted by atomic mass is 16.6. The van der Waals surface area contributed by atoms with Crippen LogP contribution in [0.4, 0.5) is 0 Å². The molecule has 0 aromatic heterocycles. The lowest BCUT2D eigenvalue weighted by Gasteiger charge is -2.18. The third-order valence-corrected chi connectivity index (χ3v) is 11.1. The summed E-state index contributed by atoms with van der Waals surface area (Å²) in [5.74, 6) is -0.937. The molecule has 366 valence electrons. The summed E-state index contributed by atoms with van der Waals surface area (Å²) < 4.78 is 16.8. The van der Waals surface area contributed by atoms with Crippen LogP contribution in [-0.2, 0) is 28.6 Å². The minimum atomic E-state index is -0.796. The van der Waals surface area contributed by atoms with Crippen molar-refractivity contribution in [1.82, 2.24) is 0 Å². The zero-order valence-corrected chi connectivity index (χ0v) is 41.8. The molecule has 6 nitrogen and oxygen atoms in total. The number of allylic oxidation sites excluding steroid dienone is 14. The van der Waals surface area contributed by atoms with Gasteiger partial charge in [-0.15, -0.1) is 0 Å². The number of hydrogen-bond donors (Lipinski definition) is 0. The molecule has 0 aromatic rings. The van der Waals surface area contributed by atoms with Crippen molar-refractivity contribution in [3.8, 4) is 0 Å². The van der Waals surface area contributed by atoms with Crippen LogP contribution in [-0.4, -0.2) is 37.2 Å². The molecule has 0 N–H and O–H groups in total. The largest absolute Gasteiger partial charge is 0.462 e. The van der Waals surface area contributed by atoms with Gasteiger partial charge in [0.05, 0.1) is 0 Å². The molecule has 0 aliphatic heterocycles. The molecule has 0 aromatic carbocycles. The first-order chi connectivity index (χ1) is 31.5. The highest BCUT2D eigenvalue weighted by Gasteiger charge is 2.19. The molecule has 0 saturated carbocycles. The van der Waals surface area contributed by atoms with Gasteiger partial charge in [0.15, 0.2) is 6.10 Å². The molecular formula is C58H98O6. The van der Waals surface area contributed by atoms with Gasteiger partial charge in [-0.25, -0.2) is 0 Å². The number of rotatable bonds is 47. The quantitative estimate of drug-likeness (QED) is 0.0199. The predicted octanol–water partition coefficient (Wildman–Crippen LogP) is 17.6. The fourth-order valence-electron chi connectivity index (χ4n) is 7.19. The molecule has 0 spiro atoms. The average molecular weight is 891 g/mol. The summed E-state index contributed by atoms with van der Waals surface area (Å²) >= 11 is 0. The Morgan fingerprint density at radius 1 is 0.344 bits per heavy atom. The Labute approximate surface area is 395 Å². The fraction of sp³-hybridized carbons (Fsp3) is 0.707. The van der Waals surface area contributed by atoms with Crippen LogP contribution in [0, 0.1) is 0 Å². The van der Waals surface area contributed by atoms with Gasteiger partial charge in [-0.05, 0) is 103 Å². The molecule has 0 bridgehead atoms. The van der Waals surface area contributed by atoms with Gasteiger partial charge in [-0.1, -0.05) is 209 Å². The summed E-state index contributed by atoms with van der Waals surface area (Å²) in [7, 11) is 0. The lowest BCUT2D eigenvalue weighted by atomic mass is 10.1. The van der Waals surface area contributed by atoms with Gasteiger partial charge < -0.3 is 14.2 Å². The third-order valence-electron chi connectivity index (χ3n) is 11.1. The van der Waals surface area contributed by atoms with Crippen molar-refractivity contribution < 1.29 is 28.6 Å². The van der Waals surface area contributed by atoms with Crippen molar-refractivity contribution >= 4 is 17.9 Å². The Kier molecular flexibility index (Phi) is 49.4. The minimum Gasteiger partial charge on any atom is -0.462 e. The lowest BCUT2D eigenvalue weighted by Crippen LogP contribution is -2.30. The second kappa shape index (κ2) is 52.2. The monoisotopic (exact) mass is 891 g/mol. The Morgan fingerprint density at radius 3 is 1.05 bits per heavy atom. The number of unbranched alkanes of at least 4 members (excludes halogenated alkanes) is 23. The van der Waals surface area contributed by atoms with Crippen molar-refractivity contribution in [2.75, 3.05) is 13.2 Å². The van der Waals surface area contributed by atoms with Crippen LogP contribution in [0.3, 0.4) is 0 Å². The van der Waals surface area contributed by atoms with Gasteiger partial charge in [0.1, 0.15) is 13.2 Å². The third kappa shape index (κ3) is 49.6. The summed E-state index contributed by atoms with van der Waals surface area (Å²) in [5.41, 5.74) is 0. The molecule has 0 fully saturated rings. The highest BCUT2D eigenvalue weighted by molar-refractivity contribution is 5.71. The molecule has 6 heteroatoms. The van der Waals surface area contributed by atoms with Crippen LogP contribution in [0.25, 0.3) is 0 Å². The van der Waals surface area contributed by atoms with Gasteiger partial charge in [-0.3, -0.25) is 14.4 Å². The van der Waals surface area contributed by atoms with E-state index in [9.17, 15) is 14.4 Å². The van der Waals surface area contributed by atoms with E-state index in [2.05, 4.69) is 106 Å². The SMILES string of the molecule is CC/C=C\C/C=C\C/C=C\CCCCCCCCC(=O)OC(COC(=O)CCCCCCC/C=C\C=C/CCCCCCCCC)COC(=O)CCCCCCC/C=C\C/C=C\CC. The second-order valence-corrected chi connectivity index (χ2v) is 17.4. The van der Waals surface area contributed by atoms with E-state index < -0.39 is 6.10 Å². The normalized spacial score (nSPS) is 12.7. The molecular weight excluding hydrogens is 793 g/mol. The zero-order chi connectivity index (χ0) is 46.5. The Balaban J connectivity index is 4.43. The van der Waals surface area contributed by atoms with Crippen molar-refractivity contribution in [3.63, 3.8) is 0 Å². The van der Waals surface area contributed by atoms with Crippen molar-refractivity contribution in [3.05, 3.63) is 85.1 Å². The minimum absolute atomic E-state index is 0.0951. The van der Waals surface area contributed by atoms with Crippen LogP contribution in [0.2, 0.25) is 0 Å². The van der Waals surface area contributed by atoms with E-state index >= 15 is 0 Å². The first-order valence-corrected chi connectivity index (χ1v) is 26.6. The van der Waals surface area contributed by atoms with E-state index in [1.807, 2.05) is 0 Å². The number of esters is 3. The maximum atomic E-state index is 12.8. The Morgan fingerprint density at radius 2 is 0.656 bits per heavy atom. The summed E-state index contributed by atoms with van der Waals surface area (Å²) in [6, 6.07) is 0. The molecule has 0 aliphatic carbocycles. The molecule has 0 aliphatic rings. The molecule has 0 saturated heterocycles. The van der Waals surface area contributed by atoms with Gasteiger partial charge in [0.2, 0.25) is 0 Å². The van der Waals surface area contributed by atoms with Crippen LogP contribution >= 0.6 is 0 Å². The summed E-state index contributed by atoms with van der Waals surface area (Å²) in [5, 5.41) is 0. The standard InChI is InChI=1S/C58H98O6/c1-4-7-10-13-16-19-22-25-27-29-30-32-33-36-39-42-45-48-51-57(60)63-54-55(53-62-56(59)50-47-44-41-38-35-24-21-18-15-12-9-6-3)64-58(61)52-49-46-43-40-37-34-31-28-26-23-20-17-14-11-8-5-2/h8-9,11-12,17-18,20-21,26-30,32,55H,4-7,10,13-16,19,22-25,31,33-54H2,1-3H3/b11-8-,12-9-,20-17-,21-18-,28-26-,29-27-,32-30-. The molecule has 0 radical (unpaired) electrons. The summed E-state index contributed by atoms with van der Waals surface area (Å²) in [6.07, 6.45) is 67.1. The summed E-state index contributed by atoms with van der Waals surface area (Å²) in [6.45, 7) is 6.38. The summed E-state index contributed by atoms with van der Waals surface area (Å²) in [4.78, 5) is 38.0. The Bertz CT molecular complexity index is 1250. The van der Waals surface area contributed by atoms with Gasteiger partial charge in [0.25, 0.3) is 0 Å². The highest BCUT2D eigenvalue weighted by Crippen LogP contribution is 2.14. The number of hydrogen-bond acceptors (Lipinski definition) is 6. The molecule has 64 heavy (non-hydrogen) atoms. The van der Waals surface area contributed by atoms with Crippen LogP contribution in [0.15, 0.2) is 85.1 Å². The van der Waals surface area contributed by atoms with Gasteiger partial charge in [-0.2, -0.15) is 0 Å². The maximum absolute atomic E-state index is 12.8. The average Bonchev–Trinajstić information content (AvgIpc) is 3.29. The van der Waals surface area contributed by atoms with Crippen molar-refractivity contribution in [2.24, 2.45) is 0 Å². The van der Waals surface area contributed by atoms with E-state index in [-0.39, 0.29) is 31.1 Å². The van der Waals surface area contributed by atoms with Crippen LogP contribution in [0.1, 0.15) is 245 Å². The zero-order valence-electron chi connectivity index (χ0n) is 41.8. The first-order valence-electron chi connectivity index (χ1n) is 26.6. The number of carbonyl (C=O) groups is 3. The Hall–Kier alpha value is -3.41. The molecule has 1 unspecified atom stereocenters. The van der Waals surface area contributed by atoms with E-state index in [0.717, 1.165) is 141 Å². The van der Waals surface area contributed by atoms with Crippen LogP contribution in [0.5, 0.6) is 0 Å². The predicted molar refractivity (Wildman–Crippen MR) is 274 cm³/mol. The van der Waals surface area contributed by atoms with Gasteiger partial charge >= 0.3 is 17.9 Å². The van der Waals surface area contributed by atoms with Crippen molar-refractivity contribution in [2.45, 2.75) is 252 Å². The lowest BCUT2D eigenvalue weighted by molar-refractivity contribution is -0.167. The fourth-order valence-corrected chi connectivity index (χ4v) is 7.19. The maximum Gasteiger partial charge on any atom is 0.306 e. The molecule has 0 rings (SSSR count). The molecule has 1 atom stereocenters. The number of ether oxygens (including phenoxy) is 3. The van der Waals surface area contributed by atoms with E-state index in [4.69, 9.17) is 14.2 Å². The first kappa shape index (κ1) is 60.6. The topological polar surface area (TPSA) is 78.9 Å². The molecule has 0 heterocycles. The van der Waals surface area contributed by atoms with E-state index in [1.165, 1.54) is 64.2 Å². The number of carbonyl (C=O) groups excluding carboxylic acids is 3. The van der Waals surface area contributed by atoms with Crippen molar-refractivity contribution in [1.29, 1.82) is 0 Å².